The maximum Gasteiger partial charge on any atom is 0.235 e. The average molecular weight is 424 g/mol. The Morgan fingerprint density at radius 3 is 2.70 bits per heavy atom. The molecule has 1 N–H and O–H groups in total. The Bertz CT molecular complexity index is 1060. The summed E-state index contributed by atoms with van der Waals surface area (Å²) in [5, 5.41) is 8.79. The second kappa shape index (κ2) is 8.92. The number of fused-ring (bicyclic) bond motifs is 1. The number of benzene rings is 2. The molecule has 156 valence electrons. The van der Waals surface area contributed by atoms with Gasteiger partial charge in [-0.25, -0.2) is 0 Å². The molecule has 0 radical (unpaired) electrons. The Morgan fingerprint density at radius 2 is 1.97 bits per heavy atom. The number of thioether (sulfide) groups is 1. The summed E-state index contributed by atoms with van der Waals surface area (Å²) in [5.74, 6) is 1.38. The van der Waals surface area contributed by atoms with Crippen LogP contribution in [0.5, 0.6) is 0 Å². The fraction of sp³-hybridized carbons (Fsp3) is 0.348. The molecule has 2 aromatic carbocycles. The molecule has 0 aliphatic heterocycles. The summed E-state index contributed by atoms with van der Waals surface area (Å²) in [4.78, 5) is 27.2. The molecule has 0 bridgehead atoms. The van der Waals surface area contributed by atoms with Crippen molar-refractivity contribution < 1.29 is 14.1 Å². The first kappa shape index (κ1) is 20.5. The van der Waals surface area contributed by atoms with Crippen molar-refractivity contribution in [3.63, 3.8) is 0 Å². The maximum atomic E-state index is 13.1. The van der Waals surface area contributed by atoms with Gasteiger partial charge in [0.05, 0.1) is 17.5 Å². The molecule has 0 spiro atoms. The molecule has 6 nitrogen and oxygen atoms in total. The van der Waals surface area contributed by atoms with Crippen LogP contribution in [0.3, 0.4) is 0 Å². The highest BCUT2D eigenvalue weighted by molar-refractivity contribution is 8.00. The first-order valence-corrected chi connectivity index (χ1v) is 11.3. The van der Waals surface area contributed by atoms with Gasteiger partial charge < -0.3 is 14.7 Å². The summed E-state index contributed by atoms with van der Waals surface area (Å²) in [5.41, 5.74) is 1.16. The van der Waals surface area contributed by atoms with Gasteiger partial charge in [-0.3, -0.25) is 9.59 Å². The molecular weight excluding hydrogens is 398 g/mol. The van der Waals surface area contributed by atoms with E-state index in [1.807, 2.05) is 17.0 Å². The molecule has 0 saturated heterocycles. The molecule has 2 amide bonds. The van der Waals surface area contributed by atoms with E-state index in [0.717, 1.165) is 18.4 Å². The number of anilines is 1. The Kier molecular flexibility index (Phi) is 6.08. The van der Waals surface area contributed by atoms with E-state index in [2.05, 4.69) is 47.7 Å². The second-order valence-electron chi connectivity index (χ2n) is 7.64. The van der Waals surface area contributed by atoms with E-state index < -0.39 is 0 Å². The van der Waals surface area contributed by atoms with Gasteiger partial charge in [-0.1, -0.05) is 47.6 Å². The number of rotatable bonds is 8. The molecule has 0 unspecified atom stereocenters. The third kappa shape index (κ3) is 4.67. The van der Waals surface area contributed by atoms with E-state index in [4.69, 9.17) is 4.52 Å². The zero-order valence-electron chi connectivity index (χ0n) is 17.1. The molecule has 30 heavy (non-hydrogen) atoms. The van der Waals surface area contributed by atoms with Gasteiger partial charge >= 0.3 is 0 Å². The Labute approximate surface area is 180 Å². The van der Waals surface area contributed by atoms with Gasteiger partial charge in [-0.05, 0) is 43.0 Å². The van der Waals surface area contributed by atoms with Crippen molar-refractivity contribution in [3.05, 3.63) is 59.9 Å². The van der Waals surface area contributed by atoms with Crippen molar-refractivity contribution in [1.29, 1.82) is 0 Å². The van der Waals surface area contributed by atoms with Gasteiger partial charge in [0.15, 0.2) is 5.82 Å². The van der Waals surface area contributed by atoms with Crippen molar-refractivity contribution >= 4 is 40.2 Å². The second-order valence-corrected chi connectivity index (χ2v) is 8.63. The molecule has 1 saturated carbocycles. The Hall–Kier alpha value is -2.80. The summed E-state index contributed by atoms with van der Waals surface area (Å²) in [6.07, 6.45) is 2.08. The third-order valence-electron chi connectivity index (χ3n) is 5.27. The molecule has 1 heterocycles. The Morgan fingerprint density at radius 1 is 1.20 bits per heavy atom. The summed E-state index contributed by atoms with van der Waals surface area (Å²) >= 11 is 1.32. The fourth-order valence-electron chi connectivity index (χ4n) is 3.76. The number of nitrogens with one attached hydrogen (secondary N) is 1. The summed E-state index contributed by atoms with van der Waals surface area (Å²) < 4.78 is 4.94. The zero-order chi connectivity index (χ0) is 21.1. The van der Waals surface area contributed by atoms with E-state index in [9.17, 15) is 9.59 Å². The van der Waals surface area contributed by atoms with Crippen molar-refractivity contribution in [3.8, 4) is 0 Å². The largest absolute Gasteiger partial charge is 0.360 e. The van der Waals surface area contributed by atoms with Gasteiger partial charge in [0.1, 0.15) is 5.76 Å². The predicted octanol–water partition coefficient (Wildman–Crippen LogP) is 4.56. The number of amides is 2. The van der Waals surface area contributed by atoms with Crippen molar-refractivity contribution in [2.75, 3.05) is 16.8 Å². The molecule has 1 atom stereocenters. The number of hydrogen-bond acceptors (Lipinski definition) is 5. The lowest BCUT2D eigenvalue weighted by molar-refractivity contribution is -0.131. The smallest absolute Gasteiger partial charge is 0.235 e. The lowest BCUT2D eigenvalue weighted by atomic mass is 9.98. The number of hydrogen-bond donors (Lipinski definition) is 1. The highest BCUT2D eigenvalue weighted by atomic mass is 32.2. The summed E-state index contributed by atoms with van der Waals surface area (Å²) in [7, 11) is 0. The Balaban J connectivity index is 1.39. The molecule has 1 aromatic heterocycles. The van der Waals surface area contributed by atoms with Gasteiger partial charge in [-0.2, -0.15) is 0 Å². The minimum absolute atomic E-state index is 0.0105. The normalized spacial score (nSPS) is 14.5. The van der Waals surface area contributed by atoms with Crippen LogP contribution in [0.2, 0.25) is 0 Å². The van der Waals surface area contributed by atoms with Crippen LogP contribution >= 0.6 is 11.8 Å². The molecule has 3 aromatic rings. The molecule has 4 rings (SSSR count). The summed E-state index contributed by atoms with van der Waals surface area (Å²) in [6.45, 7) is 3.86. The standard InChI is InChI=1S/C23H25N3O3S/c1-15-12-21(25-29-15)24-22(27)13-30-14-23(28)26(18-10-11-18)16(2)19-9-5-7-17-6-3-4-8-20(17)19/h3-9,12,16,18H,10-11,13-14H2,1-2H3,(H,24,25,27)/t16-/m0/s1. The quantitative estimate of drug-likeness (QED) is 0.575. The van der Waals surface area contributed by atoms with E-state index in [1.165, 1.54) is 22.5 Å². The van der Waals surface area contributed by atoms with E-state index in [-0.39, 0.29) is 29.4 Å². The fourth-order valence-corrected chi connectivity index (χ4v) is 4.45. The molecular formula is C23H25N3O3S. The predicted molar refractivity (Wildman–Crippen MR) is 119 cm³/mol. The van der Waals surface area contributed by atoms with Crippen LogP contribution in [-0.4, -0.2) is 39.4 Å². The zero-order valence-corrected chi connectivity index (χ0v) is 17.9. The van der Waals surface area contributed by atoms with E-state index in [0.29, 0.717) is 17.6 Å². The number of carbonyl (C=O) groups is 2. The van der Waals surface area contributed by atoms with Crippen LogP contribution < -0.4 is 5.32 Å². The van der Waals surface area contributed by atoms with Crippen molar-refractivity contribution in [2.24, 2.45) is 0 Å². The monoisotopic (exact) mass is 423 g/mol. The van der Waals surface area contributed by atoms with Crippen LogP contribution in [-0.2, 0) is 9.59 Å². The van der Waals surface area contributed by atoms with Gasteiger partial charge in [0.2, 0.25) is 11.8 Å². The summed E-state index contributed by atoms with van der Waals surface area (Å²) in [6, 6.07) is 16.5. The first-order valence-electron chi connectivity index (χ1n) is 10.1. The van der Waals surface area contributed by atoms with Gasteiger partial charge in [0, 0.05) is 12.1 Å². The number of aromatic nitrogens is 1. The molecule has 7 heteroatoms. The minimum Gasteiger partial charge on any atom is -0.360 e. The van der Waals surface area contributed by atoms with Gasteiger partial charge in [-0.15, -0.1) is 11.8 Å². The number of aryl methyl sites for hydroxylation is 1. The molecule has 1 aliphatic rings. The lowest BCUT2D eigenvalue weighted by Gasteiger charge is -2.30. The topological polar surface area (TPSA) is 75.4 Å². The van der Waals surface area contributed by atoms with Crippen LogP contribution in [0.15, 0.2) is 53.1 Å². The molecule has 1 aliphatic carbocycles. The van der Waals surface area contributed by atoms with Crippen LogP contribution in [0.1, 0.15) is 37.1 Å². The number of nitrogens with zero attached hydrogens (tertiary/aromatic N) is 2. The van der Waals surface area contributed by atoms with Crippen molar-refractivity contribution in [1.82, 2.24) is 10.1 Å². The SMILES string of the molecule is Cc1cc(NC(=O)CSCC(=O)N(C2CC2)[C@@H](C)c2cccc3ccccc23)no1. The first-order chi connectivity index (χ1) is 14.5. The van der Waals surface area contributed by atoms with Crippen LogP contribution in [0, 0.1) is 6.92 Å². The minimum atomic E-state index is -0.193. The highest BCUT2D eigenvalue weighted by Crippen LogP contribution is 2.37. The maximum absolute atomic E-state index is 13.1. The highest BCUT2D eigenvalue weighted by Gasteiger charge is 2.36. The molecule has 1 fully saturated rings. The van der Waals surface area contributed by atoms with Crippen LogP contribution in [0.4, 0.5) is 5.82 Å². The van der Waals surface area contributed by atoms with E-state index in [1.54, 1.807) is 13.0 Å². The lowest BCUT2D eigenvalue weighted by Crippen LogP contribution is -2.37. The van der Waals surface area contributed by atoms with Gasteiger partial charge in [0.25, 0.3) is 0 Å². The third-order valence-corrected chi connectivity index (χ3v) is 6.19. The average Bonchev–Trinajstić information content (AvgIpc) is 3.48. The van der Waals surface area contributed by atoms with E-state index >= 15 is 0 Å². The van der Waals surface area contributed by atoms with Crippen molar-refractivity contribution in [2.45, 2.75) is 38.8 Å². The number of carbonyl (C=O) groups excluding carboxylic acids is 2. The van der Waals surface area contributed by atoms with Crippen LogP contribution in [0.25, 0.3) is 10.8 Å².